The molecule has 1 heterocycles. The second kappa shape index (κ2) is 9.01. The molecule has 1 aromatic rings. The van der Waals surface area contributed by atoms with Gasteiger partial charge in [-0.3, -0.25) is 9.69 Å². The number of amides is 1. The summed E-state index contributed by atoms with van der Waals surface area (Å²) in [6.07, 6.45) is 1.67. The van der Waals surface area contributed by atoms with Gasteiger partial charge < -0.3 is 15.2 Å². The van der Waals surface area contributed by atoms with Crippen molar-refractivity contribution in [2.24, 2.45) is 5.92 Å². The highest BCUT2D eigenvalue weighted by Gasteiger charge is 2.23. The molecule has 5 nitrogen and oxygen atoms in total. The van der Waals surface area contributed by atoms with Gasteiger partial charge in [0.25, 0.3) is 0 Å². The molecule has 1 aromatic carbocycles. The van der Waals surface area contributed by atoms with E-state index in [0.29, 0.717) is 25.6 Å². The summed E-state index contributed by atoms with van der Waals surface area (Å²) in [5, 5.41) is 12.6. The number of methoxy groups -OCH3 is 1. The van der Waals surface area contributed by atoms with Crippen molar-refractivity contribution in [1.29, 1.82) is 0 Å². The van der Waals surface area contributed by atoms with Crippen LogP contribution in [0.1, 0.15) is 30.9 Å². The number of ether oxygens (including phenoxy) is 1. The first-order valence-electron chi connectivity index (χ1n) is 8.33. The molecule has 23 heavy (non-hydrogen) atoms. The molecule has 1 fully saturated rings. The molecule has 1 saturated heterocycles. The fraction of sp³-hybridized carbons (Fsp3) is 0.611. The summed E-state index contributed by atoms with van der Waals surface area (Å²) in [6, 6.07) is 7.99. The summed E-state index contributed by atoms with van der Waals surface area (Å²) in [4.78, 5) is 14.3. The van der Waals surface area contributed by atoms with Gasteiger partial charge in [-0.25, -0.2) is 0 Å². The molecule has 0 bridgehead atoms. The number of rotatable bonds is 7. The minimum atomic E-state index is -0.247. The first-order valence-corrected chi connectivity index (χ1v) is 8.33. The summed E-state index contributed by atoms with van der Waals surface area (Å²) < 4.78 is 5.18. The van der Waals surface area contributed by atoms with Crippen LogP contribution in [0.25, 0.3) is 0 Å². The molecule has 2 N–H and O–H groups in total. The van der Waals surface area contributed by atoms with E-state index in [2.05, 4.69) is 10.2 Å². The van der Waals surface area contributed by atoms with Crippen LogP contribution in [0, 0.1) is 5.92 Å². The first-order chi connectivity index (χ1) is 11.1. The Morgan fingerprint density at radius 3 is 2.61 bits per heavy atom. The van der Waals surface area contributed by atoms with Gasteiger partial charge in [0.2, 0.25) is 5.91 Å². The SMILES string of the molecule is COCc1ccccc1CNC(=O)CN1CCC([C@@H](C)O)CC1. The molecule has 128 valence electrons. The quantitative estimate of drug-likeness (QED) is 0.800. The number of nitrogens with one attached hydrogen (secondary N) is 1. The predicted octanol–water partition coefficient (Wildman–Crippen LogP) is 1.54. The standard InChI is InChI=1S/C18H28N2O3/c1-14(21)15-7-9-20(10-8-15)12-18(22)19-11-16-5-3-4-6-17(16)13-23-2/h3-6,14-15,21H,7-13H2,1-2H3,(H,19,22)/t14-/m1/s1. The maximum Gasteiger partial charge on any atom is 0.234 e. The molecular weight excluding hydrogens is 292 g/mol. The maximum atomic E-state index is 12.1. The molecule has 2 rings (SSSR count). The largest absolute Gasteiger partial charge is 0.393 e. The second-order valence-electron chi connectivity index (χ2n) is 6.33. The highest BCUT2D eigenvalue weighted by molar-refractivity contribution is 5.78. The van der Waals surface area contributed by atoms with E-state index in [9.17, 15) is 9.90 Å². The third-order valence-electron chi connectivity index (χ3n) is 4.58. The number of hydrogen-bond acceptors (Lipinski definition) is 4. The monoisotopic (exact) mass is 320 g/mol. The van der Waals surface area contributed by atoms with Crippen molar-refractivity contribution in [3.63, 3.8) is 0 Å². The molecule has 1 aliphatic rings. The minimum Gasteiger partial charge on any atom is -0.393 e. The van der Waals surface area contributed by atoms with Crippen LogP contribution in [0.4, 0.5) is 0 Å². The Balaban J connectivity index is 1.76. The zero-order chi connectivity index (χ0) is 16.7. The van der Waals surface area contributed by atoms with Gasteiger partial charge >= 0.3 is 0 Å². The van der Waals surface area contributed by atoms with Gasteiger partial charge in [0.05, 0.1) is 19.3 Å². The van der Waals surface area contributed by atoms with Crippen LogP contribution < -0.4 is 5.32 Å². The fourth-order valence-corrected chi connectivity index (χ4v) is 3.07. The molecule has 0 saturated carbocycles. The van der Waals surface area contributed by atoms with E-state index in [4.69, 9.17) is 4.74 Å². The zero-order valence-corrected chi connectivity index (χ0v) is 14.1. The van der Waals surface area contributed by atoms with Crippen molar-refractivity contribution in [2.75, 3.05) is 26.7 Å². The Labute approximate surface area is 138 Å². The van der Waals surface area contributed by atoms with Crippen LogP contribution in [0.2, 0.25) is 0 Å². The van der Waals surface area contributed by atoms with Crippen LogP contribution >= 0.6 is 0 Å². The predicted molar refractivity (Wildman–Crippen MR) is 89.8 cm³/mol. The number of piperidine rings is 1. The van der Waals surface area contributed by atoms with Gasteiger partial charge in [0.1, 0.15) is 0 Å². The van der Waals surface area contributed by atoms with E-state index in [0.717, 1.165) is 37.1 Å². The van der Waals surface area contributed by atoms with Crippen molar-refractivity contribution in [3.8, 4) is 0 Å². The summed E-state index contributed by atoms with van der Waals surface area (Å²) in [5.41, 5.74) is 2.20. The van der Waals surface area contributed by atoms with Gasteiger partial charge in [-0.15, -0.1) is 0 Å². The van der Waals surface area contributed by atoms with Crippen molar-refractivity contribution in [3.05, 3.63) is 35.4 Å². The van der Waals surface area contributed by atoms with Gasteiger partial charge in [-0.05, 0) is 49.9 Å². The smallest absolute Gasteiger partial charge is 0.234 e. The van der Waals surface area contributed by atoms with E-state index >= 15 is 0 Å². The maximum absolute atomic E-state index is 12.1. The number of carbonyl (C=O) groups is 1. The summed E-state index contributed by atoms with van der Waals surface area (Å²) in [5.74, 6) is 0.419. The van der Waals surface area contributed by atoms with Gasteiger partial charge in [0, 0.05) is 13.7 Å². The Morgan fingerprint density at radius 1 is 1.35 bits per heavy atom. The topological polar surface area (TPSA) is 61.8 Å². The molecule has 1 atom stereocenters. The normalized spacial score (nSPS) is 17.9. The molecule has 0 unspecified atom stereocenters. The van der Waals surface area contributed by atoms with Crippen molar-refractivity contribution >= 4 is 5.91 Å². The van der Waals surface area contributed by atoms with Gasteiger partial charge in [-0.2, -0.15) is 0 Å². The molecule has 1 aliphatic heterocycles. The minimum absolute atomic E-state index is 0.0488. The lowest BCUT2D eigenvalue weighted by molar-refractivity contribution is -0.122. The van der Waals surface area contributed by atoms with E-state index in [-0.39, 0.29) is 12.0 Å². The molecule has 5 heteroatoms. The lowest BCUT2D eigenvalue weighted by Gasteiger charge is -2.32. The molecule has 0 radical (unpaired) electrons. The molecule has 1 amide bonds. The molecule has 0 aromatic heterocycles. The number of benzene rings is 1. The van der Waals surface area contributed by atoms with Gasteiger partial charge in [-0.1, -0.05) is 24.3 Å². The second-order valence-corrected chi connectivity index (χ2v) is 6.33. The summed E-state index contributed by atoms with van der Waals surface area (Å²) >= 11 is 0. The van der Waals surface area contributed by atoms with Crippen LogP contribution in [-0.2, 0) is 22.7 Å². The Bertz CT molecular complexity index is 497. The summed E-state index contributed by atoms with van der Waals surface area (Å²) in [6.45, 7) is 5.12. The lowest BCUT2D eigenvalue weighted by Crippen LogP contribution is -2.42. The number of aliphatic hydroxyl groups excluding tert-OH is 1. The molecule has 0 spiro atoms. The molecular formula is C18H28N2O3. The lowest BCUT2D eigenvalue weighted by atomic mass is 9.92. The Kier molecular flexibility index (Phi) is 7.02. The average Bonchev–Trinajstić information content (AvgIpc) is 2.55. The van der Waals surface area contributed by atoms with E-state index < -0.39 is 0 Å². The van der Waals surface area contributed by atoms with Crippen LogP contribution in [-0.4, -0.2) is 48.8 Å². The third-order valence-corrected chi connectivity index (χ3v) is 4.58. The van der Waals surface area contributed by atoms with Crippen molar-refractivity contribution in [2.45, 2.75) is 39.0 Å². The highest BCUT2D eigenvalue weighted by atomic mass is 16.5. The van der Waals surface area contributed by atoms with E-state index in [1.54, 1.807) is 7.11 Å². The number of nitrogens with zero attached hydrogens (tertiary/aromatic N) is 1. The van der Waals surface area contributed by atoms with E-state index in [1.165, 1.54) is 0 Å². The summed E-state index contributed by atoms with van der Waals surface area (Å²) in [7, 11) is 1.67. The van der Waals surface area contributed by atoms with Crippen LogP contribution in [0.15, 0.2) is 24.3 Å². The number of carbonyl (C=O) groups excluding carboxylic acids is 1. The number of hydrogen-bond donors (Lipinski definition) is 2. The van der Waals surface area contributed by atoms with Crippen LogP contribution in [0.5, 0.6) is 0 Å². The average molecular weight is 320 g/mol. The first kappa shape index (κ1) is 17.9. The van der Waals surface area contributed by atoms with Crippen LogP contribution in [0.3, 0.4) is 0 Å². The Morgan fingerprint density at radius 2 is 2.00 bits per heavy atom. The number of aliphatic hydroxyl groups is 1. The van der Waals surface area contributed by atoms with Gasteiger partial charge in [0.15, 0.2) is 0 Å². The third kappa shape index (κ3) is 5.61. The number of likely N-dealkylation sites (tertiary alicyclic amines) is 1. The highest BCUT2D eigenvalue weighted by Crippen LogP contribution is 2.20. The Hall–Kier alpha value is -1.43. The van der Waals surface area contributed by atoms with Crippen molar-refractivity contribution < 1.29 is 14.6 Å². The molecule has 0 aliphatic carbocycles. The van der Waals surface area contributed by atoms with E-state index in [1.807, 2.05) is 31.2 Å². The fourth-order valence-electron chi connectivity index (χ4n) is 3.07. The zero-order valence-electron chi connectivity index (χ0n) is 14.1. The van der Waals surface area contributed by atoms with Crippen molar-refractivity contribution in [1.82, 2.24) is 10.2 Å².